The van der Waals surface area contributed by atoms with Crippen LogP contribution in [0.4, 0.5) is 0 Å². The van der Waals surface area contributed by atoms with Crippen molar-refractivity contribution in [2.45, 2.75) is 32.6 Å². The molecule has 1 aromatic rings. The second-order valence-corrected chi connectivity index (χ2v) is 4.36. The van der Waals surface area contributed by atoms with Gasteiger partial charge in [-0.25, -0.2) is 9.78 Å². The molecule has 0 aliphatic rings. The van der Waals surface area contributed by atoms with Gasteiger partial charge < -0.3 is 9.84 Å². The fraction of sp³-hybridized carbons (Fsp3) is 0.375. The number of aromatic nitrogens is 1. The molecule has 4 heteroatoms. The largest absolute Gasteiger partial charge is 0.477 e. The van der Waals surface area contributed by atoms with Gasteiger partial charge in [0, 0.05) is 6.20 Å². The number of carbonyl (C=O) groups is 1. The van der Waals surface area contributed by atoms with Crippen molar-refractivity contribution in [2.75, 3.05) is 6.61 Å². The van der Waals surface area contributed by atoms with Crippen LogP contribution in [-0.4, -0.2) is 22.7 Å². The number of allylic oxidation sites excluding steroid dienone is 2. The lowest BCUT2D eigenvalue weighted by atomic mass is 10.1. The second-order valence-electron chi connectivity index (χ2n) is 4.36. The minimum atomic E-state index is -1.02. The molecule has 0 unspecified atom stereocenters. The summed E-state index contributed by atoms with van der Waals surface area (Å²) in [5.41, 5.74) is 0.748. The summed E-state index contributed by atoms with van der Waals surface area (Å²) in [6.45, 7) is 6.14. The summed E-state index contributed by atoms with van der Waals surface area (Å²) < 4.78 is 5.47. The molecule has 0 bridgehead atoms. The van der Waals surface area contributed by atoms with E-state index in [2.05, 4.69) is 18.5 Å². The van der Waals surface area contributed by atoms with Crippen LogP contribution < -0.4 is 4.74 Å². The van der Waals surface area contributed by atoms with E-state index in [0.717, 1.165) is 25.7 Å². The quantitative estimate of drug-likeness (QED) is 0.548. The van der Waals surface area contributed by atoms with Crippen molar-refractivity contribution < 1.29 is 14.6 Å². The lowest BCUT2D eigenvalue weighted by Crippen LogP contribution is -2.08. The fourth-order valence-electron chi connectivity index (χ4n) is 1.69. The Morgan fingerprint density at radius 2 is 2.30 bits per heavy atom. The Morgan fingerprint density at radius 1 is 1.50 bits per heavy atom. The summed E-state index contributed by atoms with van der Waals surface area (Å²) in [6, 6.07) is 1.69. The van der Waals surface area contributed by atoms with Crippen LogP contribution in [0.1, 0.15) is 48.5 Å². The van der Waals surface area contributed by atoms with Crippen LogP contribution in [0, 0.1) is 0 Å². The molecule has 0 fully saturated rings. The predicted molar refractivity (Wildman–Crippen MR) is 80.1 cm³/mol. The summed E-state index contributed by atoms with van der Waals surface area (Å²) in [5, 5.41) is 9.34. The predicted octanol–water partition coefficient (Wildman–Crippen LogP) is 3.94. The average Bonchev–Trinajstić information content (AvgIpc) is 2.43. The molecule has 0 saturated heterocycles. The van der Waals surface area contributed by atoms with E-state index in [1.54, 1.807) is 18.3 Å². The van der Waals surface area contributed by atoms with Crippen molar-refractivity contribution >= 4 is 12.0 Å². The van der Waals surface area contributed by atoms with Gasteiger partial charge in [-0.05, 0) is 30.9 Å². The van der Waals surface area contributed by atoms with Crippen LogP contribution >= 0.6 is 0 Å². The number of carboxylic acids is 1. The van der Waals surface area contributed by atoms with Gasteiger partial charge in [0.2, 0.25) is 5.88 Å². The maximum Gasteiger partial charge on any atom is 0.341 e. The molecule has 0 aliphatic carbocycles. The summed E-state index contributed by atoms with van der Waals surface area (Å²) in [6.07, 6.45) is 10.7. The first-order valence-electron chi connectivity index (χ1n) is 6.83. The molecular weight excluding hydrogens is 254 g/mol. The Hall–Kier alpha value is -2.10. The Balaban J connectivity index is 2.90. The number of hydrogen-bond acceptors (Lipinski definition) is 3. The first kappa shape index (κ1) is 16.0. The molecule has 1 rings (SSSR count). The van der Waals surface area contributed by atoms with Crippen molar-refractivity contribution in [3.63, 3.8) is 0 Å². The maximum absolute atomic E-state index is 11.4. The number of aromatic carboxylic acids is 1. The zero-order valence-electron chi connectivity index (χ0n) is 11.8. The molecule has 0 aliphatic heterocycles. The van der Waals surface area contributed by atoms with Crippen LogP contribution in [0.25, 0.3) is 6.08 Å². The highest BCUT2D eigenvalue weighted by Crippen LogP contribution is 2.21. The van der Waals surface area contributed by atoms with Gasteiger partial charge >= 0.3 is 5.97 Å². The number of nitrogens with zero attached hydrogens (tertiary/aromatic N) is 1. The maximum atomic E-state index is 11.4. The van der Waals surface area contributed by atoms with E-state index < -0.39 is 5.97 Å². The van der Waals surface area contributed by atoms with E-state index in [1.165, 1.54) is 0 Å². The van der Waals surface area contributed by atoms with E-state index >= 15 is 0 Å². The molecular formula is C16H21NO3. The van der Waals surface area contributed by atoms with E-state index in [4.69, 9.17) is 4.74 Å². The van der Waals surface area contributed by atoms with Gasteiger partial charge in [0.15, 0.2) is 0 Å². The van der Waals surface area contributed by atoms with Crippen LogP contribution in [0.5, 0.6) is 5.88 Å². The standard InChI is InChI=1S/C16H21NO3/c1-3-5-7-9-13-10-11-17-15(14(13)16(18)19)20-12-8-6-4-2/h4,7,9-11H,2-3,5-6,8,12H2,1H3,(H,18,19). The monoisotopic (exact) mass is 275 g/mol. The van der Waals surface area contributed by atoms with E-state index in [9.17, 15) is 9.90 Å². The molecule has 0 spiro atoms. The third-order valence-electron chi connectivity index (χ3n) is 2.71. The number of hydrogen-bond donors (Lipinski definition) is 1. The van der Waals surface area contributed by atoms with Gasteiger partial charge in [0.25, 0.3) is 0 Å². The molecule has 0 radical (unpaired) electrons. The lowest BCUT2D eigenvalue weighted by molar-refractivity contribution is 0.0691. The van der Waals surface area contributed by atoms with E-state index in [-0.39, 0.29) is 11.4 Å². The average molecular weight is 275 g/mol. The molecule has 1 heterocycles. The van der Waals surface area contributed by atoms with Gasteiger partial charge in [-0.3, -0.25) is 0 Å². The molecule has 0 atom stereocenters. The Kier molecular flexibility index (Phi) is 7.11. The third kappa shape index (κ3) is 4.88. The minimum Gasteiger partial charge on any atom is -0.477 e. The van der Waals surface area contributed by atoms with Gasteiger partial charge in [0.05, 0.1) is 6.61 Å². The minimum absolute atomic E-state index is 0.124. The van der Waals surface area contributed by atoms with Crippen LogP contribution in [0.15, 0.2) is 31.0 Å². The molecule has 1 aromatic heterocycles. The highest BCUT2D eigenvalue weighted by atomic mass is 16.5. The Morgan fingerprint density at radius 3 is 2.95 bits per heavy atom. The van der Waals surface area contributed by atoms with Crippen LogP contribution in [0.3, 0.4) is 0 Å². The summed E-state index contributed by atoms with van der Waals surface area (Å²) in [5.74, 6) is -0.840. The van der Waals surface area contributed by atoms with Gasteiger partial charge in [-0.2, -0.15) is 0 Å². The normalized spacial score (nSPS) is 10.7. The lowest BCUT2D eigenvalue weighted by Gasteiger charge is -2.09. The van der Waals surface area contributed by atoms with Crippen molar-refractivity contribution in [1.29, 1.82) is 0 Å². The SMILES string of the molecule is C=CCCCOc1nccc(C=CCCC)c1C(=O)O. The highest BCUT2D eigenvalue weighted by molar-refractivity contribution is 5.94. The van der Waals surface area contributed by atoms with Crippen molar-refractivity contribution in [2.24, 2.45) is 0 Å². The zero-order chi connectivity index (χ0) is 14.8. The van der Waals surface area contributed by atoms with Crippen molar-refractivity contribution in [1.82, 2.24) is 4.98 Å². The van der Waals surface area contributed by atoms with E-state index in [0.29, 0.717) is 12.2 Å². The summed E-state index contributed by atoms with van der Waals surface area (Å²) in [4.78, 5) is 15.4. The topological polar surface area (TPSA) is 59.4 Å². The Labute approximate surface area is 119 Å². The van der Waals surface area contributed by atoms with Crippen LogP contribution in [0.2, 0.25) is 0 Å². The molecule has 1 N–H and O–H groups in total. The highest BCUT2D eigenvalue weighted by Gasteiger charge is 2.16. The van der Waals surface area contributed by atoms with Gasteiger partial charge in [0.1, 0.15) is 5.56 Å². The number of pyridine rings is 1. The fourth-order valence-corrected chi connectivity index (χ4v) is 1.69. The summed E-state index contributed by atoms with van der Waals surface area (Å²) in [7, 11) is 0. The molecule has 0 amide bonds. The molecule has 0 aromatic carbocycles. The molecule has 20 heavy (non-hydrogen) atoms. The smallest absolute Gasteiger partial charge is 0.341 e. The third-order valence-corrected chi connectivity index (χ3v) is 2.71. The molecule has 0 saturated carbocycles. The molecule has 4 nitrogen and oxygen atoms in total. The number of ether oxygens (including phenoxy) is 1. The van der Waals surface area contributed by atoms with Crippen molar-refractivity contribution in [3.8, 4) is 5.88 Å². The number of carboxylic acid groups (broad SMARTS) is 1. The van der Waals surface area contributed by atoms with E-state index in [1.807, 2.05) is 12.2 Å². The first-order valence-corrected chi connectivity index (χ1v) is 6.83. The van der Waals surface area contributed by atoms with Gasteiger partial charge in [-0.15, -0.1) is 6.58 Å². The van der Waals surface area contributed by atoms with Crippen LogP contribution in [-0.2, 0) is 0 Å². The second kappa shape index (κ2) is 8.91. The Bertz CT molecular complexity index is 481. The molecule has 108 valence electrons. The summed E-state index contributed by atoms with van der Waals surface area (Å²) >= 11 is 0. The number of rotatable bonds is 9. The number of unbranched alkanes of at least 4 members (excludes halogenated alkanes) is 2. The first-order chi connectivity index (χ1) is 9.70. The zero-order valence-corrected chi connectivity index (χ0v) is 11.8. The van der Waals surface area contributed by atoms with Gasteiger partial charge in [-0.1, -0.05) is 31.6 Å². The van der Waals surface area contributed by atoms with Crippen molar-refractivity contribution in [3.05, 3.63) is 42.1 Å².